The van der Waals surface area contributed by atoms with E-state index in [2.05, 4.69) is 0 Å². The van der Waals surface area contributed by atoms with Gasteiger partial charge >= 0.3 is 0 Å². The molecule has 0 saturated heterocycles. The first kappa shape index (κ1) is 15.4. The molecule has 1 aromatic rings. The van der Waals surface area contributed by atoms with Gasteiger partial charge in [-0.3, -0.25) is 0 Å². The number of carbonyl (C=O) groups is 1. The number of carbonyl (C=O) groups excluding carboxylic acids is 1. The molecule has 0 spiro atoms. The zero-order valence-corrected chi connectivity index (χ0v) is 11.6. The van der Waals surface area contributed by atoms with Crippen LogP contribution in [0, 0.1) is 6.92 Å². The second kappa shape index (κ2) is 6.49. The second-order valence-corrected chi connectivity index (χ2v) is 5.83. The van der Waals surface area contributed by atoms with Crippen LogP contribution in [0.4, 0.5) is 0 Å². The Morgan fingerprint density at radius 3 is 2.37 bits per heavy atom. The first-order valence-electron chi connectivity index (χ1n) is 5.59. The van der Waals surface area contributed by atoms with E-state index >= 15 is 0 Å². The molecule has 0 saturated carbocycles. The number of carboxylic acids is 1. The molecule has 0 N–H and O–H groups in total. The van der Waals surface area contributed by atoms with Crippen molar-refractivity contribution in [3.8, 4) is 0 Å². The summed E-state index contributed by atoms with van der Waals surface area (Å²) >= 11 is 0. The largest absolute Gasteiger partial charge is 0.545 e. The maximum atomic E-state index is 12.0. The van der Waals surface area contributed by atoms with Crippen LogP contribution in [0.25, 0.3) is 0 Å². The fraction of sp³-hybridized carbons (Fsp3) is 0.308. The Morgan fingerprint density at radius 2 is 1.89 bits per heavy atom. The van der Waals surface area contributed by atoms with E-state index in [0.717, 1.165) is 11.0 Å². The second-order valence-electron chi connectivity index (χ2n) is 4.03. The van der Waals surface area contributed by atoms with Gasteiger partial charge in [-0.1, -0.05) is 17.7 Å². The van der Waals surface area contributed by atoms with Crippen molar-refractivity contribution < 1.29 is 23.1 Å². The predicted octanol–water partition coefficient (Wildman–Crippen LogP) is 0.439. The summed E-state index contributed by atoms with van der Waals surface area (Å²) in [5, 5.41) is 11.6. The highest BCUT2D eigenvalue weighted by atomic mass is 32.2. The predicted molar refractivity (Wildman–Crippen MR) is 67.9 cm³/mol. The van der Waals surface area contributed by atoms with Crippen LogP contribution in [0.1, 0.15) is 12.0 Å². The summed E-state index contributed by atoms with van der Waals surface area (Å²) in [6, 6.07) is 6.16. The molecule has 1 aromatic carbocycles. The minimum Gasteiger partial charge on any atom is -0.545 e. The van der Waals surface area contributed by atoms with Crippen LogP contribution < -0.4 is 5.11 Å². The maximum absolute atomic E-state index is 12.0. The molecule has 104 valence electrons. The Hall–Kier alpha value is -1.66. The molecule has 0 amide bonds. The van der Waals surface area contributed by atoms with Gasteiger partial charge in [0.15, 0.2) is 9.84 Å². The van der Waals surface area contributed by atoms with Gasteiger partial charge in [-0.15, -0.1) is 0 Å². The van der Waals surface area contributed by atoms with E-state index in [1.54, 1.807) is 12.1 Å². The third-order valence-electron chi connectivity index (χ3n) is 2.48. The van der Waals surface area contributed by atoms with Crippen LogP contribution in [-0.2, 0) is 19.4 Å². The van der Waals surface area contributed by atoms with Gasteiger partial charge < -0.3 is 14.6 Å². The molecular weight excluding hydrogens is 268 g/mol. The molecule has 0 fully saturated rings. The molecule has 0 aliphatic carbocycles. The average Bonchev–Trinajstić information content (AvgIpc) is 2.34. The maximum Gasteiger partial charge on any atom is 0.200 e. The molecular formula is C13H15O5S-. The van der Waals surface area contributed by atoms with Crippen molar-refractivity contribution in [1.82, 2.24) is 0 Å². The number of aliphatic carboxylic acids is 1. The van der Waals surface area contributed by atoms with Crippen LogP contribution in [0.15, 0.2) is 40.1 Å². The highest BCUT2D eigenvalue weighted by Crippen LogP contribution is 2.16. The van der Waals surface area contributed by atoms with Gasteiger partial charge in [0, 0.05) is 12.5 Å². The molecule has 0 heterocycles. The van der Waals surface area contributed by atoms with E-state index in [0.29, 0.717) is 0 Å². The lowest BCUT2D eigenvalue weighted by atomic mass is 10.2. The van der Waals surface area contributed by atoms with E-state index in [4.69, 9.17) is 4.74 Å². The van der Waals surface area contributed by atoms with Crippen LogP contribution in [0.3, 0.4) is 0 Å². The number of ether oxygens (including phenoxy) is 1. The highest BCUT2D eigenvalue weighted by Gasteiger charge is 2.13. The first-order valence-corrected chi connectivity index (χ1v) is 7.14. The Bertz CT molecular complexity index is 570. The van der Waals surface area contributed by atoms with Crippen LogP contribution in [0.5, 0.6) is 0 Å². The van der Waals surface area contributed by atoms with E-state index < -0.39 is 15.8 Å². The Balaban J connectivity index is 3.10. The smallest absolute Gasteiger partial charge is 0.200 e. The Kier molecular flexibility index (Phi) is 5.26. The summed E-state index contributed by atoms with van der Waals surface area (Å²) in [7, 11) is -2.39. The van der Waals surface area contributed by atoms with Gasteiger partial charge in [-0.25, -0.2) is 8.42 Å². The third kappa shape index (κ3) is 4.50. The number of benzene rings is 1. The number of hydrogen-bond donors (Lipinski definition) is 0. The summed E-state index contributed by atoms with van der Waals surface area (Å²) in [4.78, 5) is 10.9. The third-order valence-corrected chi connectivity index (χ3v) is 4.01. The van der Waals surface area contributed by atoms with Crippen molar-refractivity contribution in [2.75, 3.05) is 13.7 Å². The number of rotatable bonds is 6. The van der Waals surface area contributed by atoms with Crippen LogP contribution in [-0.4, -0.2) is 28.1 Å². The zero-order valence-electron chi connectivity index (χ0n) is 10.8. The first-order chi connectivity index (χ1) is 8.86. The van der Waals surface area contributed by atoms with Gasteiger partial charge in [0.05, 0.1) is 17.5 Å². The fourth-order valence-corrected chi connectivity index (χ4v) is 2.64. The van der Waals surface area contributed by atoms with Gasteiger partial charge in [0.1, 0.15) is 0 Å². The van der Waals surface area contributed by atoms with Crippen molar-refractivity contribution in [3.63, 3.8) is 0 Å². The lowest BCUT2D eigenvalue weighted by Gasteiger charge is -2.08. The van der Waals surface area contributed by atoms with Gasteiger partial charge in [0.2, 0.25) is 0 Å². The van der Waals surface area contributed by atoms with Gasteiger partial charge in [-0.2, -0.15) is 0 Å². The van der Waals surface area contributed by atoms with Crippen LogP contribution >= 0.6 is 0 Å². The minimum atomic E-state index is -3.79. The summed E-state index contributed by atoms with van der Waals surface area (Å²) < 4.78 is 28.8. The van der Waals surface area contributed by atoms with Crippen molar-refractivity contribution >= 4 is 15.8 Å². The standard InChI is InChI=1S/C13H16O5S/c1-10-3-5-12(6-4-10)19(16,17)9-11(13(14)15)7-8-18-2/h3-6,9H,7-8H2,1-2H3,(H,14,15)/p-1/b11-9+. The lowest BCUT2D eigenvalue weighted by molar-refractivity contribution is -0.299. The summed E-state index contributed by atoms with van der Waals surface area (Å²) in [6.07, 6.45) is -0.0239. The monoisotopic (exact) mass is 283 g/mol. The van der Waals surface area contributed by atoms with Crippen LogP contribution in [0.2, 0.25) is 0 Å². The number of sulfone groups is 1. The molecule has 0 atom stereocenters. The zero-order chi connectivity index (χ0) is 14.5. The quantitative estimate of drug-likeness (QED) is 0.707. The molecule has 0 aliphatic heterocycles. The molecule has 5 nitrogen and oxygen atoms in total. The minimum absolute atomic E-state index is 0.0239. The van der Waals surface area contributed by atoms with Crippen molar-refractivity contribution in [3.05, 3.63) is 40.8 Å². The van der Waals surface area contributed by atoms with E-state index in [9.17, 15) is 18.3 Å². The van der Waals surface area contributed by atoms with Gasteiger partial charge in [-0.05, 0) is 31.1 Å². The SMILES string of the molecule is COCC/C(=C\S(=O)(=O)c1ccc(C)cc1)C(=O)[O-]. The summed E-state index contributed by atoms with van der Waals surface area (Å²) in [5.74, 6) is -1.51. The molecule has 19 heavy (non-hydrogen) atoms. The number of aryl methyl sites for hydroxylation is 1. The van der Waals surface area contributed by atoms with E-state index in [1.165, 1.54) is 19.2 Å². The molecule has 0 aromatic heterocycles. The summed E-state index contributed by atoms with van der Waals surface area (Å²) in [5.41, 5.74) is 0.616. The topological polar surface area (TPSA) is 83.5 Å². The molecule has 0 unspecified atom stereocenters. The molecule has 0 aliphatic rings. The van der Waals surface area contributed by atoms with E-state index in [1.807, 2.05) is 6.92 Å². The van der Waals surface area contributed by atoms with Crippen molar-refractivity contribution in [2.24, 2.45) is 0 Å². The molecule has 1 rings (SSSR count). The van der Waals surface area contributed by atoms with Crippen molar-refractivity contribution in [1.29, 1.82) is 0 Å². The Morgan fingerprint density at radius 1 is 1.32 bits per heavy atom. The van der Waals surface area contributed by atoms with E-state index in [-0.39, 0.29) is 23.5 Å². The molecule has 0 bridgehead atoms. The van der Waals surface area contributed by atoms with Crippen molar-refractivity contribution in [2.45, 2.75) is 18.2 Å². The number of hydrogen-bond acceptors (Lipinski definition) is 5. The summed E-state index contributed by atoms with van der Waals surface area (Å²) in [6.45, 7) is 1.95. The number of methoxy groups -OCH3 is 1. The number of carboxylic acid groups (broad SMARTS) is 1. The normalized spacial score (nSPS) is 12.4. The Labute approximate surface area is 112 Å². The van der Waals surface area contributed by atoms with Gasteiger partial charge in [0.25, 0.3) is 0 Å². The lowest BCUT2D eigenvalue weighted by Crippen LogP contribution is -2.25. The molecule has 6 heteroatoms. The molecule has 0 radical (unpaired) electrons. The average molecular weight is 283 g/mol. The fourth-order valence-electron chi connectivity index (χ4n) is 1.40. The highest BCUT2D eigenvalue weighted by molar-refractivity contribution is 7.94.